The van der Waals surface area contributed by atoms with Gasteiger partial charge in [-0.15, -0.1) is 0 Å². The lowest BCUT2D eigenvalue weighted by molar-refractivity contribution is -0.126. The molecule has 0 spiro atoms. The van der Waals surface area contributed by atoms with E-state index in [2.05, 4.69) is 10.6 Å². The molecule has 1 amide bonds. The van der Waals surface area contributed by atoms with Crippen LogP contribution in [0.4, 0.5) is 0 Å². The van der Waals surface area contributed by atoms with E-state index in [0.29, 0.717) is 13.2 Å². The summed E-state index contributed by atoms with van der Waals surface area (Å²) in [4.78, 5) is 11.8. The van der Waals surface area contributed by atoms with Gasteiger partial charge < -0.3 is 20.1 Å². The van der Waals surface area contributed by atoms with Crippen molar-refractivity contribution in [1.82, 2.24) is 10.6 Å². The number of carbonyl (C=O) groups excluding carboxylic acids is 1. The molecule has 5 nitrogen and oxygen atoms in total. The van der Waals surface area contributed by atoms with Crippen LogP contribution in [0.5, 0.6) is 0 Å². The molecule has 5 heteroatoms. The highest BCUT2D eigenvalue weighted by atomic mass is 16.5. The minimum Gasteiger partial charge on any atom is -0.382 e. The van der Waals surface area contributed by atoms with Crippen LogP contribution in [-0.4, -0.2) is 52.5 Å². The lowest BCUT2D eigenvalue weighted by atomic mass is 9.99. The Morgan fingerprint density at radius 2 is 2.38 bits per heavy atom. The SMILES string of the molecule is COCC(CNC(=O)[C@@H]1CCCNC1)OC. The van der Waals surface area contributed by atoms with E-state index in [1.165, 1.54) is 0 Å². The average Bonchev–Trinajstić information content (AvgIpc) is 2.35. The molecule has 0 aromatic heterocycles. The smallest absolute Gasteiger partial charge is 0.224 e. The summed E-state index contributed by atoms with van der Waals surface area (Å²) in [6.07, 6.45) is 1.98. The number of carbonyl (C=O) groups is 1. The second-order valence-corrected chi connectivity index (χ2v) is 4.10. The number of rotatable bonds is 6. The summed E-state index contributed by atoms with van der Waals surface area (Å²) in [5.74, 6) is 0.221. The number of nitrogens with one attached hydrogen (secondary N) is 2. The summed E-state index contributed by atoms with van der Waals surface area (Å²) in [6, 6.07) is 0. The zero-order chi connectivity index (χ0) is 11.8. The van der Waals surface area contributed by atoms with E-state index in [-0.39, 0.29) is 17.9 Å². The zero-order valence-corrected chi connectivity index (χ0v) is 10.1. The highest BCUT2D eigenvalue weighted by Crippen LogP contribution is 2.09. The van der Waals surface area contributed by atoms with Crippen LogP contribution in [0.25, 0.3) is 0 Å². The molecule has 1 aliphatic rings. The molecule has 1 rings (SSSR count). The topological polar surface area (TPSA) is 59.6 Å². The Morgan fingerprint density at radius 3 is 2.94 bits per heavy atom. The van der Waals surface area contributed by atoms with Crippen molar-refractivity contribution in [2.75, 3.05) is 40.5 Å². The number of hydrogen-bond donors (Lipinski definition) is 2. The predicted molar refractivity (Wildman–Crippen MR) is 61.3 cm³/mol. The Hall–Kier alpha value is -0.650. The number of ether oxygens (including phenoxy) is 2. The molecule has 0 radical (unpaired) electrons. The van der Waals surface area contributed by atoms with Crippen molar-refractivity contribution in [3.8, 4) is 0 Å². The van der Waals surface area contributed by atoms with Gasteiger partial charge in [-0.25, -0.2) is 0 Å². The second kappa shape index (κ2) is 7.60. The predicted octanol–water partition coefficient (Wildman–Crippen LogP) is -0.236. The van der Waals surface area contributed by atoms with E-state index in [0.717, 1.165) is 25.9 Å². The van der Waals surface area contributed by atoms with Crippen LogP contribution in [0.3, 0.4) is 0 Å². The Labute approximate surface area is 96.9 Å². The van der Waals surface area contributed by atoms with Crippen LogP contribution in [0, 0.1) is 5.92 Å². The molecule has 0 aromatic carbocycles. The maximum atomic E-state index is 11.8. The van der Waals surface area contributed by atoms with Gasteiger partial charge in [-0.05, 0) is 19.4 Å². The van der Waals surface area contributed by atoms with E-state index >= 15 is 0 Å². The number of methoxy groups -OCH3 is 2. The van der Waals surface area contributed by atoms with Gasteiger partial charge in [0.15, 0.2) is 0 Å². The first-order valence-corrected chi connectivity index (χ1v) is 5.78. The van der Waals surface area contributed by atoms with Gasteiger partial charge in [0, 0.05) is 27.3 Å². The van der Waals surface area contributed by atoms with Crippen molar-refractivity contribution in [2.45, 2.75) is 18.9 Å². The quantitative estimate of drug-likeness (QED) is 0.661. The van der Waals surface area contributed by atoms with Gasteiger partial charge in [0.2, 0.25) is 5.91 Å². The fourth-order valence-electron chi connectivity index (χ4n) is 1.83. The van der Waals surface area contributed by atoms with Gasteiger partial charge in [-0.2, -0.15) is 0 Å². The first kappa shape index (κ1) is 13.4. The molecule has 0 saturated carbocycles. The van der Waals surface area contributed by atoms with Gasteiger partial charge in [-0.1, -0.05) is 0 Å². The molecular formula is C11H22N2O3. The molecule has 1 fully saturated rings. The third-order valence-electron chi connectivity index (χ3n) is 2.86. The Bertz CT molecular complexity index is 205. The van der Waals surface area contributed by atoms with Gasteiger partial charge in [0.05, 0.1) is 18.6 Å². The molecule has 16 heavy (non-hydrogen) atoms. The summed E-state index contributed by atoms with van der Waals surface area (Å²) in [5, 5.41) is 6.13. The first-order chi connectivity index (χ1) is 7.77. The number of hydrogen-bond acceptors (Lipinski definition) is 4. The highest BCUT2D eigenvalue weighted by Gasteiger charge is 2.21. The van der Waals surface area contributed by atoms with Crippen molar-refractivity contribution in [3.63, 3.8) is 0 Å². The van der Waals surface area contributed by atoms with E-state index in [1.807, 2.05) is 0 Å². The molecule has 2 atom stereocenters. The summed E-state index contributed by atoms with van der Waals surface area (Å²) in [6.45, 7) is 2.82. The Morgan fingerprint density at radius 1 is 1.56 bits per heavy atom. The molecular weight excluding hydrogens is 208 g/mol. The molecule has 2 N–H and O–H groups in total. The molecule has 1 unspecified atom stereocenters. The molecule has 0 aromatic rings. The number of piperidine rings is 1. The Kier molecular flexibility index (Phi) is 6.37. The van der Waals surface area contributed by atoms with Gasteiger partial charge >= 0.3 is 0 Å². The van der Waals surface area contributed by atoms with Crippen LogP contribution in [0.2, 0.25) is 0 Å². The van der Waals surface area contributed by atoms with Crippen LogP contribution >= 0.6 is 0 Å². The van der Waals surface area contributed by atoms with Crippen molar-refractivity contribution >= 4 is 5.91 Å². The normalized spacial score (nSPS) is 22.8. The van der Waals surface area contributed by atoms with Crippen LogP contribution in [0.1, 0.15) is 12.8 Å². The summed E-state index contributed by atoms with van der Waals surface area (Å²) in [7, 11) is 3.25. The van der Waals surface area contributed by atoms with E-state index < -0.39 is 0 Å². The van der Waals surface area contributed by atoms with Crippen molar-refractivity contribution < 1.29 is 14.3 Å². The summed E-state index contributed by atoms with van der Waals surface area (Å²) < 4.78 is 10.2. The van der Waals surface area contributed by atoms with E-state index in [1.54, 1.807) is 14.2 Å². The third-order valence-corrected chi connectivity index (χ3v) is 2.86. The number of amides is 1. The van der Waals surface area contributed by atoms with Crippen LogP contribution in [0.15, 0.2) is 0 Å². The van der Waals surface area contributed by atoms with Crippen LogP contribution < -0.4 is 10.6 Å². The van der Waals surface area contributed by atoms with Crippen molar-refractivity contribution in [1.29, 1.82) is 0 Å². The van der Waals surface area contributed by atoms with Gasteiger partial charge in [0.25, 0.3) is 0 Å². The molecule has 1 saturated heterocycles. The van der Waals surface area contributed by atoms with Gasteiger partial charge in [-0.3, -0.25) is 4.79 Å². The molecule has 1 aliphatic heterocycles. The highest BCUT2D eigenvalue weighted by molar-refractivity contribution is 5.78. The van der Waals surface area contributed by atoms with E-state index in [4.69, 9.17) is 9.47 Å². The molecule has 0 bridgehead atoms. The summed E-state index contributed by atoms with van der Waals surface area (Å²) in [5.41, 5.74) is 0. The largest absolute Gasteiger partial charge is 0.382 e. The standard InChI is InChI=1S/C11H22N2O3/c1-15-8-10(16-2)7-13-11(14)9-4-3-5-12-6-9/h9-10,12H,3-8H2,1-2H3,(H,13,14)/t9-,10?/m1/s1. The maximum absolute atomic E-state index is 11.8. The Balaban J connectivity index is 2.22. The van der Waals surface area contributed by atoms with Gasteiger partial charge in [0.1, 0.15) is 0 Å². The average molecular weight is 230 g/mol. The molecule has 1 heterocycles. The fraction of sp³-hybridized carbons (Fsp3) is 0.909. The minimum absolute atomic E-state index is 0.0644. The van der Waals surface area contributed by atoms with Crippen molar-refractivity contribution in [2.24, 2.45) is 5.92 Å². The lowest BCUT2D eigenvalue weighted by Gasteiger charge is -2.23. The summed E-state index contributed by atoms with van der Waals surface area (Å²) >= 11 is 0. The van der Waals surface area contributed by atoms with E-state index in [9.17, 15) is 4.79 Å². The second-order valence-electron chi connectivity index (χ2n) is 4.10. The molecule has 0 aliphatic carbocycles. The maximum Gasteiger partial charge on any atom is 0.224 e. The first-order valence-electron chi connectivity index (χ1n) is 5.78. The zero-order valence-electron chi connectivity index (χ0n) is 10.1. The minimum atomic E-state index is -0.0644. The van der Waals surface area contributed by atoms with Crippen molar-refractivity contribution in [3.05, 3.63) is 0 Å². The lowest BCUT2D eigenvalue weighted by Crippen LogP contribution is -2.43. The fourth-order valence-corrected chi connectivity index (χ4v) is 1.83. The molecule has 94 valence electrons. The third kappa shape index (κ3) is 4.47. The van der Waals surface area contributed by atoms with Crippen LogP contribution in [-0.2, 0) is 14.3 Å². The monoisotopic (exact) mass is 230 g/mol.